The lowest BCUT2D eigenvalue weighted by Crippen LogP contribution is -2.10. The van der Waals surface area contributed by atoms with E-state index in [9.17, 15) is 0 Å². The van der Waals surface area contributed by atoms with Gasteiger partial charge >= 0.3 is 0 Å². The van der Waals surface area contributed by atoms with Crippen LogP contribution in [0.1, 0.15) is 52.2 Å². The summed E-state index contributed by atoms with van der Waals surface area (Å²) in [5.74, 6) is 1.98. The minimum atomic E-state index is 0.279. The second kappa shape index (κ2) is 4.58. The molecule has 3 heteroatoms. The number of nitrogens with one attached hydrogen (secondary N) is 1. The van der Waals surface area contributed by atoms with Gasteiger partial charge in [-0.25, -0.2) is 4.98 Å². The van der Waals surface area contributed by atoms with Gasteiger partial charge in [-0.2, -0.15) is 5.10 Å². The number of aromatic nitrogens is 3. The van der Waals surface area contributed by atoms with Crippen LogP contribution >= 0.6 is 0 Å². The molecule has 1 aromatic heterocycles. The maximum atomic E-state index is 4.47. The smallest absolute Gasteiger partial charge is 0.150 e. The molecule has 1 N–H and O–H groups in total. The number of aryl methyl sites for hydroxylation is 1. The van der Waals surface area contributed by atoms with Crippen molar-refractivity contribution in [1.29, 1.82) is 0 Å². The van der Waals surface area contributed by atoms with Crippen LogP contribution in [0.4, 0.5) is 0 Å². The average molecular weight is 195 g/mol. The number of nitrogens with zero attached hydrogens (tertiary/aromatic N) is 2. The highest BCUT2D eigenvalue weighted by Gasteiger charge is 2.14. The zero-order valence-corrected chi connectivity index (χ0v) is 9.72. The molecule has 14 heavy (non-hydrogen) atoms. The standard InChI is InChI=1S/C11H21N3/c1-5-6-7-9-12-10(14-13-9)8-11(2,3)4/h5-8H2,1-4H3,(H,12,13,14). The summed E-state index contributed by atoms with van der Waals surface area (Å²) in [5.41, 5.74) is 0.279. The van der Waals surface area contributed by atoms with Gasteiger partial charge in [0.15, 0.2) is 5.82 Å². The molecule has 0 aliphatic carbocycles. The maximum absolute atomic E-state index is 4.47. The highest BCUT2D eigenvalue weighted by atomic mass is 15.2. The van der Waals surface area contributed by atoms with Crippen molar-refractivity contribution in [2.75, 3.05) is 0 Å². The first-order valence-corrected chi connectivity index (χ1v) is 5.41. The quantitative estimate of drug-likeness (QED) is 0.802. The van der Waals surface area contributed by atoms with Crippen LogP contribution in [0, 0.1) is 5.41 Å². The lowest BCUT2D eigenvalue weighted by molar-refractivity contribution is 0.401. The summed E-state index contributed by atoms with van der Waals surface area (Å²) in [6.07, 6.45) is 4.33. The van der Waals surface area contributed by atoms with Crippen LogP contribution in [0.5, 0.6) is 0 Å². The molecule has 80 valence electrons. The zero-order chi connectivity index (χ0) is 10.6. The number of hydrogen-bond donors (Lipinski definition) is 1. The molecule has 0 saturated carbocycles. The summed E-state index contributed by atoms with van der Waals surface area (Å²) in [4.78, 5) is 4.47. The fraction of sp³-hybridized carbons (Fsp3) is 0.818. The van der Waals surface area contributed by atoms with E-state index in [2.05, 4.69) is 42.9 Å². The Morgan fingerprint density at radius 1 is 1.29 bits per heavy atom. The first-order chi connectivity index (χ1) is 6.51. The van der Waals surface area contributed by atoms with Gasteiger partial charge in [0.05, 0.1) is 0 Å². The van der Waals surface area contributed by atoms with E-state index in [-0.39, 0.29) is 5.41 Å². The summed E-state index contributed by atoms with van der Waals surface area (Å²) in [5, 5.41) is 7.21. The molecule has 0 unspecified atom stereocenters. The third kappa shape index (κ3) is 3.90. The minimum Gasteiger partial charge on any atom is -0.263 e. The monoisotopic (exact) mass is 195 g/mol. The van der Waals surface area contributed by atoms with E-state index in [1.54, 1.807) is 0 Å². The Bertz CT molecular complexity index is 270. The summed E-state index contributed by atoms with van der Waals surface area (Å²) < 4.78 is 0. The number of unbranched alkanes of at least 4 members (excludes halogenated alkanes) is 1. The molecule has 0 aliphatic rings. The Morgan fingerprint density at radius 2 is 2.00 bits per heavy atom. The summed E-state index contributed by atoms with van der Waals surface area (Å²) in [6, 6.07) is 0. The minimum absolute atomic E-state index is 0.279. The van der Waals surface area contributed by atoms with Gasteiger partial charge < -0.3 is 0 Å². The van der Waals surface area contributed by atoms with E-state index in [0.717, 1.165) is 24.5 Å². The number of H-pyrrole nitrogens is 1. The molecule has 1 rings (SSSR count). The van der Waals surface area contributed by atoms with Gasteiger partial charge in [0.1, 0.15) is 5.82 Å². The lowest BCUT2D eigenvalue weighted by Gasteiger charge is -2.15. The second-order valence-electron chi connectivity index (χ2n) is 5.04. The van der Waals surface area contributed by atoms with Crippen molar-refractivity contribution in [2.24, 2.45) is 5.41 Å². The van der Waals surface area contributed by atoms with E-state index < -0.39 is 0 Å². The van der Waals surface area contributed by atoms with Crippen LogP contribution in [0.25, 0.3) is 0 Å². The molecule has 0 bridgehead atoms. The predicted molar refractivity (Wildman–Crippen MR) is 58.2 cm³/mol. The van der Waals surface area contributed by atoms with E-state index in [1.165, 1.54) is 12.8 Å². The van der Waals surface area contributed by atoms with Crippen LogP contribution in [-0.2, 0) is 12.8 Å². The van der Waals surface area contributed by atoms with Crippen molar-refractivity contribution < 1.29 is 0 Å². The van der Waals surface area contributed by atoms with Gasteiger partial charge in [-0.05, 0) is 11.8 Å². The van der Waals surface area contributed by atoms with Gasteiger partial charge in [-0.3, -0.25) is 5.10 Å². The predicted octanol–water partition coefficient (Wildman–Crippen LogP) is 2.74. The SMILES string of the molecule is CCCCc1n[nH]c(CC(C)(C)C)n1. The molecule has 3 nitrogen and oxygen atoms in total. The van der Waals surface area contributed by atoms with Crippen LogP contribution in [0.2, 0.25) is 0 Å². The maximum Gasteiger partial charge on any atom is 0.150 e. The molecule has 0 saturated heterocycles. The number of aromatic amines is 1. The second-order valence-corrected chi connectivity index (χ2v) is 5.04. The molecule has 0 radical (unpaired) electrons. The normalized spacial score (nSPS) is 12.0. The molecule has 0 amide bonds. The first-order valence-electron chi connectivity index (χ1n) is 5.41. The molecular weight excluding hydrogens is 174 g/mol. The highest BCUT2D eigenvalue weighted by Crippen LogP contribution is 2.18. The summed E-state index contributed by atoms with van der Waals surface area (Å²) in [6.45, 7) is 8.81. The van der Waals surface area contributed by atoms with Crippen molar-refractivity contribution >= 4 is 0 Å². The molecule has 0 aromatic carbocycles. The topological polar surface area (TPSA) is 41.6 Å². The summed E-state index contributed by atoms with van der Waals surface area (Å²) >= 11 is 0. The van der Waals surface area contributed by atoms with Crippen molar-refractivity contribution in [1.82, 2.24) is 15.2 Å². The fourth-order valence-electron chi connectivity index (χ4n) is 1.36. The summed E-state index contributed by atoms with van der Waals surface area (Å²) in [7, 11) is 0. The van der Waals surface area contributed by atoms with Crippen molar-refractivity contribution in [2.45, 2.75) is 53.4 Å². The number of hydrogen-bond acceptors (Lipinski definition) is 2. The Kier molecular flexibility index (Phi) is 3.67. The number of rotatable bonds is 4. The van der Waals surface area contributed by atoms with Gasteiger partial charge in [0, 0.05) is 12.8 Å². The molecule has 0 fully saturated rings. The van der Waals surface area contributed by atoms with Crippen LogP contribution < -0.4 is 0 Å². The van der Waals surface area contributed by atoms with Crippen molar-refractivity contribution in [3.8, 4) is 0 Å². The molecule has 1 aromatic rings. The van der Waals surface area contributed by atoms with Crippen molar-refractivity contribution in [3.63, 3.8) is 0 Å². The lowest BCUT2D eigenvalue weighted by atomic mass is 9.92. The van der Waals surface area contributed by atoms with E-state index in [1.807, 2.05) is 0 Å². The van der Waals surface area contributed by atoms with E-state index in [4.69, 9.17) is 0 Å². The van der Waals surface area contributed by atoms with E-state index in [0.29, 0.717) is 0 Å². The molecule has 0 atom stereocenters. The third-order valence-corrected chi connectivity index (χ3v) is 2.03. The zero-order valence-electron chi connectivity index (χ0n) is 9.72. The van der Waals surface area contributed by atoms with Gasteiger partial charge in [-0.1, -0.05) is 34.1 Å². The molecular formula is C11H21N3. The Balaban J connectivity index is 2.51. The van der Waals surface area contributed by atoms with Gasteiger partial charge in [0.25, 0.3) is 0 Å². The van der Waals surface area contributed by atoms with Crippen LogP contribution in [0.15, 0.2) is 0 Å². The van der Waals surface area contributed by atoms with Crippen molar-refractivity contribution in [3.05, 3.63) is 11.6 Å². The molecule has 1 heterocycles. The fourth-order valence-corrected chi connectivity index (χ4v) is 1.36. The average Bonchev–Trinajstić information content (AvgIpc) is 2.46. The first kappa shape index (κ1) is 11.2. The Labute approximate surface area is 86.3 Å². The highest BCUT2D eigenvalue weighted by molar-refractivity contribution is 4.93. The Hall–Kier alpha value is -0.860. The van der Waals surface area contributed by atoms with Crippen LogP contribution in [-0.4, -0.2) is 15.2 Å². The molecule has 0 spiro atoms. The van der Waals surface area contributed by atoms with E-state index >= 15 is 0 Å². The molecule has 0 aliphatic heterocycles. The van der Waals surface area contributed by atoms with Gasteiger partial charge in [0.2, 0.25) is 0 Å². The third-order valence-electron chi connectivity index (χ3n) is 2.03. The Morgan fingerprint density at radius 3 is 2.57 bits per heavy atom. The van der Waals surface area contributed by atoms with Gasteiger partial charge in [-0.15, -0.1) is 0 Å². The largest absolute Gasteiger partial charge is 0.263 e. The van der Waals surface area contributed by atoms with Crippen LogP contribution in [0.3, 0.4) is 0 Å².